The Balaban J connectivity index is 2.17. The molecule has 36 heavy (non-hydrogen) atoms. The predicted molar refractivity (Wildman–Crippen MR) is 137 cm³/mol. The molecule has 3 rings (SSSR count). The van der Waals surface area contributed by atoms with Gasteiger partial charge in [-0.1, -0.05) is 39.3 Å². The van der Waals surface area contributed by atoms with E-state index in [-0.39, 0.29) is 42.9 Å². The maximum Gasteiger partial charge on any atom is 0.312 e. The summed E-state index contributed by atoms with van der Waals surface area (Å²) in [7, 11) is 0. The van der Waals surface area contributed by atoms with Crippen LogP contribution in [0.25, 0.3) is 0 Å². The molecule has 2 bridgehead atoms. The van der Waals surface area contributed by atoms with Crippen LogP contribution < -0.4 is 0 Å². The first-order valence-corrected chi connectivity index (χ1v) is 13.3. The Morgan fingerprint density at radius 2 is 1.97 bits per heavy atom. The number of amides is 2. The molecule has 2 amide bonds. The number of aliphatic hydroxyl groups is 1. The van der Waals surface area contributed by atoms with Crippen LogP contribution in [0.4, 0.5) is 0 Å². The molecule has 3 heterocycles. The molecule has 3 aliphatic rings. The number of nitrogens with zero attached hydrogens (tertiary/aromatic N) is 2. The van der Waals surface area contributed by atoms with Crippen molar-refractivity contribution in [3.63, 3.8) is 0 Å². The van der Waals surface area contributed by atoms with E-state index in [4.69, 9.17) is 9.47 Å². The molecule has 8 heteroatoms. The molecule has 8 atom stereocenters. The maximum atomic E-state index is 14.3. The summed E-state index contributed by atoms with van der Waals surface area (Å²) >= 11 is 0. The predicted octanol–water partition coefficient (Wildman–Crippen LogP) is 2.95. The molecular formula is C28H44N2O6. The van der Waals surface area contributed by atoms with Gasteiger partial charge >= 0.3 is 5.97 Å². The topological polar surface area (TPSA) is 96.4 Å². The molecule has 8 nitrogen and oxygen atoms in total. The van der Waals surface area contributed by atoms with Crippen LogP contribution in [0.3, 0.4) is 0 Å². The van der Waals surface area contributed by atoms with Crippen molar-refractivity contribution in [1.29, 1.82) is 0 Å². The summed E-state index contributed by atoms with van der Waals surface area (Å²) in [6.07, 6.45) is 5.04. The van der Waals surface area contributed by atoms with Gasteiger partial charge < -0.3 is 24.4 Å². The van der Waals surface area contributed by atoms with Gasteiger partial charge in [-0.3, -0.25) is 14.4 Å². The van der Waals surface area contributed by atoms with Crippen LogP contribution >= 0.6 is 0 Å². The van der Waals surface area contributed by atoms with Crippen LogP contribution in [0.2, 0.25) is 0 Å². The first-order valence-electron chi connectivity index (χ1n) is 13.3. The van der Waals surface area contributed by atoms with Gasteiger partial charge in [0.1, 0.15) is 17.6 Å². The zero-order chi connectivity index (χ0) is 27.0. The van der Waals surface area contributed by atoms with Gasteiger partial charge in [0.15, 0.2) is 0 Å². The number of ether oxygens (including phenoxy) is 2. The third kappa shape index (κ3) is 4.20. The van der Waals surface area contributed by atoms with Crippen LogP contribution in [0.1, 0.15) is 60.8 Å². The van der Waals surface area contributed by atoms with Gasteiger partial charge in [-0.2, -0.15) is 0 Å². The first kappa shape index (κ1) is 28.4. The van der Waals surface area contributed by atoms with Crippen molar-refractivity contribution in [3.8, 4) is 0 Å². The molecule has 202 valence electrons. The van der Waals surface area contributed by atoms with E-state index in [0.717, 1.165) is 6.42 Å². The second-order valence-electron chi connectivity index (χ2n) is 11.2. The molecule has 0 aliphatic carbocycles. The number of hydrogen-bond donors (Lipinski definition) is 1. The van der Waals surface area contributed by atoms with Crippen molar-refractivity contribution in [2.75, 3.05) is 19.8 Å². The summed E-state index contributed by atoms with van der Waals surface area (Å²) in [5.74, 6) is -2.83. The van der Waals surface area contributed by atoms with E-state index in [9.17, 15) is 19.5 Å². The van der Waals surface area contributed by atoms with E-state index < -0.39 is 41.1 Å². The average Bonchev–Trinajstić information content (AvgIpc) is 3.34. The second-order valence-corrected chi connectivity index (χ2v) is 11.2. The third-order valence-electron chi connectivity index (χ3n) is 8.88. The smallest absolute Gasteiger partial charge is 0.312 e. The molecule has 0 aromatic carbocycles. The largest absolute Gasteiger partial charge is 0.465 e. The summed E-state index contributed by atoms with van der Waals surface area (Å²) in [6.45, 7) is 19.4. The van der Waals surface area contributed by atoms with Crippen LogP contribution in [0.5, 0.6) is 0 Å². The minimum Gasteiger partial charge on any atom is -0.465 e. The SMILES string of the molecule is C=CCCOC(=O)[C@H]1[C@H]2C(=O)N([C@@H](CO)[C@@H](C)CC)C(C(=O)N(CC=C)C(C)C)C23CC(C)[C@]1(C)O3. The van der Waals surface area contributed by atoms with E-state index in [1.54, 1.807) is 22.0 Å². The fourth-order valence-electron chi connectivity index (χ4n) is 6.67. The standard InChI is InChI=1S/C28H44N2O6/c1-9-12-14-35-26(34)22-21-24(32)30(20(16-31)18(6)11-3)23(25(33)29(13-10-2)17(4)5)28(21)15-19(7)27(22,8)36-28/h9-10,17-23,31H,1-2,11-16H2,3-8H3/t18-,19?,20-,21-,22+,23?,27-,28?/m0/s1. The molecule has 3 saturated heterocycles. The summed E-state index contributed by atoms with van der Waals surface area (Å²) in [6, 6.07) is -1.65. The number of aliphatic hydroxyl groups excluding tert-OH is 1. The number of likely N-dealkylation sites (tertiary alicyclic amines) is 1. The summed E-state index contributed by atoms with van der Waals surface area (Å²) in [5, 5.41) is 10.4. The maximum absolute atomic E-state index is 14.3. The number of esters is 1. The number of hydrogen-bond acceptors (Lipinski definition) is 6. The Morgan fingerprint density at radius 3 is 2.50 bits per heavy atom. The Labute approximate surface area is 215 Å². The lowest BCUT2D eigenvalue weighted by molar-refractivity contribution is -0.164. The Hall–Kier alpha value is -2.19. The number of carbonyl (C=O) groups is 3. The van der Waals surface area contributed by atoms with Crippen LogP contribution in [0.15, 0.2) is 25.3 Å². The van der Waals surface area contributed by atoms with Crippen molar-refractivity contribution >= 4 is 17.8 Å². The highest BCUT2D eigenvalue weighted by atomic mass is 16.6. The third-order valence-corrected chi connectivity index (χ3v) is 8.88. The number of fused-ring (bicyclic) bond motifs is 1. The quantitative estimate of drug-likeness (QED) is 0.249. The minimum atomic E-state index is -1.17. The van der Waals surface area contributed by atoms with Crippen molar-refractivity contribution in [3.05, 3.63) is 25.3 Å². The van der Waals surface area contributed by atoms with Gasteiger partial charge in [-0.05, 0) is 45.4 Å². The van der Waals surface area contributed by atoms with Crippen molar-refractivity contribution < 1.29 is 29.0 Å². The van der Waals surface area contributed by atoms with Crippen molar-refractivity contribution in [2.24, 2.45) is 23.7 Å². The monoisotopic (exact) mass is 504 g/mol. The van der Waals surface area contributed by atoms with Crippen LogP contribution in [-0.4, -0.2) is 81.8 Å². The van der Waals surface area contributed by atoms with Crippen LogP contribution in [-0.2, 0) is 23.9 Å². The Bertz CT molecular complexity index is 889. The second kappa shape index (κ2) is 10.7. The molecule has 1 N–H and O–H groups in total. The highest BCUT2D eigenvalue weighted by Gasteiger charge is 2.81. The molecule has 3 unspecified atom stereocenters. The lowest BCUT2D eigenvalue weighted by atomic mass is 9.62. The summed E-state index contributed by atoms with van der Waals surface area (Å²) in [5.41, 5.74) is -2.10. The van der Waals surface area contributed by atoms with Gasteiger partial charge in [0.05, 0.1) is 30.8 Å². The lowest BCUT2D eigenvalue weighted by Gasteiger charge is -2.42. The Kier molecular flexibility index (Phi) is 8.40. The fourth-order valence-corrected chi connectivity index (χ4v) is 6.67. The minimum absolute atomic E-state index is 0.0559. The Morgan fingerprint density at radius 1 is 1.31 bits per heavy atom. The molecule has 0 saturated carbocycles. The van der Waals surface area contributed by atoms with Crippen molar-refractivity contribution in [1.82, 2.24) is 9.80 Å². The molecule has 0 aromatic heterocycles. The van der Waals surface area contributed by atoms with E-state index in [1.165, 1.54) is 0 Å². The molecule has 3 aliphatic heterocycles. The lowest BCUT2D eigenvalue weighted by Crippen LogP contribution is -2.60. The van der Waals surface area contributed by atoms with Gasteiger partial charge in [0.2, 0.25) is 11.8 Å². The molecule has 1 spiro atoms. The highest BCUT2D eigenvalue weighted by Crippen LogP contribution is 2.65. The first-order chi connectivity index (χ1) is 17.0. The molecule has 3 fully saturated rings. The van der Waals surface area contributed by atoms with E-state index in [2.05, 4.69) is 13.2 Å². The van der Waals surface area contributed by atoms with E-state index >= 15 is 0 Å². The highest BCUT2D eigenvalue weighted by molar-refractivity contribution is 5.99. The average molecular weight is 505 g/mol. The van der Waals surface area contributed by atoms with E-state index in [0.29, 0.717) is 19.4 Å². The number of rotatable bonds is 12. The van der Waals surface area contributed by atoms with Gasteiger partial charge in [-0.15, -0.1) is 13.2 Å². The van der Waals surface area contributed by atoms with E-state index in [1.807, 2.05) is 41.5 Å². The fraction of sp³-hybridized carbons (Fsp3) is 0.750. The van der Waals surface area contributed by atoms with Gasteiger partial charge in [-0.25, -0.2) is 0 Å². The molecule has 0 radical (unpaired) electrons. The van der Waals surface area contributed by atoms with Crippen LogP contribution in [0, 0.1) is 23.7 Å². The number of carbonyl (C=O) groups excluding carboxylic acids is 3. The van der Waals surface area contributed by atoms with Gasteiger partial charge in [0, 0.05) is 12.6 Å². The van der Waals surface area contributed by atoms with Crippen molar-refractivity contribution in [2.45, 2.75) is 90.1 Å². The zero-order valence-corrected chi connectivity index (χ0v) is 22.7. The summed E-state index contributed by atoms with van der Waals surface area (Å²) in [4.78, 5) is 45.2. The molecular weight excluding hydrogens is 460 g/mol. The zero-order valence-electron chi connectivity index (χ0n) is 22.7. The molecule has 0 aromatic rings. The normalized spacial score (nSPS) is 34.4. The van der Waals surface area contributed by atoms with Gasteiger partial charge in [0.25, 0.3) is 0 Å². The summed E-state index contributed by atoms with van der Waals surface area (Å²) < 4.78 is 12.3.